The van der Waals surface area contributed by atoms with E-state index in [1.165, 1.54) is 25.7 Å². The third-order valence-corrected chi connectivity index (χ3v) is 9.25. The molecule has 3 heterocycles. The highest BCUT2D eigenvalue weighted by molar-refractivity contribution is 4.99. The van der Waals surface area contributed by atoms with Crippen LogP contribution in [0.4, 0.5) is 0 Å². The van der Waals surface area contributed by atoms with Crippen LogP contribution in [0.15, 0.2) is 0 Å². The second-order valence-corrected chi connectivity index (χ2v) is 12.8. The number of hydrogen-bond acceptors (Lipinski definition) is 17. The van der Waals surface area contributed by atoms with Crippen LogP contribution in [0.5, 0.6) is 0 Å². The zero-order valence-corrected chi connectivity index (χ0v) is 27.2. The Morgan fingerprint density at radius 2 is 1.13 bits per heavy atom. The lowest BCUT2D eigenvalue weighted by molar-refractivity contribution is -0.351. The fourth-order valence-electron chi connectivity index (χ4n) is 6.29. The molecule has 0 radical (unpaired) electrons. The molecule has 0 spiro atoms. The van der Waals surface area contributed by atoms with Gasteiger partial charge in [0.25, 0.3) is 0 Å². The average molecular weight is 686 g/mol. The van der Waals surface area contributed by atoms with E-state index in [0.29, 0.717) is 12.8 Å². The van der Waals surface area contributed by atoms with Gasteiger partial charge in [0, 0.05) is 0 Å². The molecule has 0 saturated carbocycles. The summed E-state index contributed by atoms with van der Waals surface area (Å²) in [4.78, 5) is 0. The number of nitrogens with two attached hydrogens (primary N) is 2. The van der Waals surface area contributed by atoms with Gasteiger partial charge >= 0.3 is 0 Å². The first-order chi connectivity index (χ1) is 22.5. The van der Waals surface area contributed by atoms with E-state index < -0.39 is 118 Å². The van der Waals surface area contributed by atoms with E-state index in [1.54, 1.807) is 0 Å². The van der Waals surface area contributed by atoms with Crippen molar-refractivity contribution in [1.82, 2.24) is 5.32 Å². The molecule has 16 atom stereocenters. The summed E-state index contributed by atoms with van der Waals surface area (Å²) in [7, 11) is 0. The van der Waals surface area contributed by atoms with Crippen LogP contribution in [-0.4, -0.2) is 164 Å². The van der Waals surface area contributed by atoms with Gasteiger partial charge in [0.05, 0.1) is 37.9 Å². The molecule has 0 bridgehead atoms. The normalized spacial score (nSPS) is 42.0. The number of aliphatic hydroxyl groups is 9. The number of aliphatic hydroxyl groups excluding tert-OH is 9. The molecule has 3 aliphatic heterocycles. The Bertz CT molecular complexity index is 865. The Balaban J connectivity index is 1.73. The van der Waals surface area contributed by atoms with E-state index in [9.17, 15) is 46.0 Å². The Kier molecular flexibility index (Phi) is 17.5. The molecule has 14 N–H and O–H groups in total. The lowest BCUT2D eigenvalue weighted by Crippen LogP contribution is -2.70. The fourth-order valence-corrected chi connectivity index (χ4v) is 6.29. The van der Waals surface area contributed by atoms with Gasteiger partial charge in [-0.05, 0) is 12.8 Å². The van der Waals surface area contributed by atoms with Gasteiger partial charge in [-0.1, -0.05) is 58.3 Å². The highest BCUT2D eigenvalue weighted by Crippen LogP contribution is 2.32. The molecule has 278 valence electrons. The Morgan fingerprint density at radius 1 is 0.617 bits per heavy atom. The van der Waals surface area contributed by atoms with E-state index >= 15 is 0 Å². The summed E-state index contributed by atoms with van der Waals surface area (Å²) in [6, 6.07) is -3.91. The molecule has 0 aromatic heterocycles. The quantitative estimate of drug-likeness (QED) is 0.0458. The first-order valence-electron chi connectivity index (χ1n) is 16.9. The molecule has 0 aromatic carbocycles. The van der Waals surface area contributed by atoms with Crippen LogP contribution in [0.2, 0.25) is 0 Å². The van der Waals surface area contributed by atoms with Gasteiger partial charge < -0.3 is 81.1 Å². The molecule has 0 amide bonds. The number of ether oxygens (including phenoxy) is 5. The summed E-state index contributed by atoms with van der Waals surface area (Å²) in [5, 5.41) is 96.5. The van der Waals surface area contributed by atoms with Crippen molar-refractivity contribution < 1.29 is 69.6 Å². The summed E-state index contributed by atoms with van der Waals surface area (Å²) in [5.41, 5.74) is 11.9. The Hall–Kier alpha value is -0.680. The molecule has 3 aliphatic rings. The van der Waals surface area contributed by atoms with Crippen LogP contribution < -0.4 is 16.8 Å². The highest BCUT2D eigenvalue weighted by Gasteiger charge is 2.53. The first-order valence-corrected chi connectivity index (χ1v) is 16.9. The molecule has 3 saturated heterocycles. The minimum absolute atomic E-state index is 0.311. The monoisotopic (exact) mass is 685 g/mol. The standard InChI is InChI=1S/C30H59N3O14/c1-2-3-4-5-6-7-8-9-10-11-18(37)33-21-25(41)27(46-29-20(32)23(39)22(38)15(12-34)44-29)17(14-36)45-30(21)47-26-16(13-35)43-28(42)19(31)24(26)40/h15-30,33-42H,2-14,31-32H2,1H3/t15-,16-,17-,18?,19-,20-,21-,22-,23-,24-,25-,26?,27?,28-,29+,30+/m1/s1. The summed E-state index contributed by atoms with van der Waals surface area (Å²) in [6.45, 7) is 0.108. The average Bonchev–Trinajstić information content (AvgIpc) is 3.06. The molecular weight excluding hydrogens is 626 g/mol. The first kappa shape index (κ1) is 40.7. The van der Waals surface area contributed by atoms with Gasteiger partial charge in [-0.15, -0.1) is 0 Å². The van der Waals surface area contributed by atoms with E-state index in [1.807, 2.05) is 0 Å². The van der Waals surface area contributed by atoms with Crippen LogP contribution in [0, 0.1) is 0 Å². The second kappa shape index (κ2) is 20.2. The van der Waals surface area contributed by atoms with Crippen LogP contribution >= 0.6 is 0 Å². The minimum atomic E-state index is -1.61. The van der Waals surface area contributed by atoms with Crippen molar-refractivity contribution >= 4 is 0 Å². The van der Waals surface area contributed by atoms with Crippen molar-refractivity contribution in [3.8, 4) is 0 Å². The Labute approximate surface area is 275 Å². The molecular formula is C30H59N3O14. The number of hydrogen-bond donors (Lipinski definition) is 12. The molecule has 3 unspecified atom stereocenters. The molecule has 3 rings (SSSR count). The lowest BCUT2D eigenvalue weighted by Gasteiger charge is -2.49. The zero-order chi connectivity index (χ0) is 34.7. The van der Waals surface area contributed by atoms with Crippen LogP contribution in [-0.2, 0) is 23.7 Å². The predicted octanol–water partition coefficient (Wildman–Crippen LogP) is -3.80. The molecule has 0 aromatic rings. The highest BCUT2D eigenvalue weighted by atomic mass is 16.7. The minimum Gasteiger partial charge on any atom is -0.394 e. The summed E-state index contributed by atoms with van der Waals surface area (Å²) in [6.07, 6.45) is -8.46. The largest absolute Gasteiger partial charge is 0.394 e. The third kappa shape index (κ3) is 10.9. The molecule has 0 aliphatic carbocycles. The van der Waals surface area contributed by atoms with E-state index in [0.717, 1.165) is 25.7 Å². The fraction of sp³-hybridized carbons (Fsp3) is 1.00. The second-order valence-electron chi connectivity index (χ2n) is 12.8. The van der Waals surface area contributed by atoms with Crippen molar-refractivity contribution in [3.63, 3.8) is 0 Å². The van der Waals surface area contributed by atoms with Crippen molar-refractivity contribution in [1.29, 1.82) is 0 Å². The number of rotatable bonds is 19. The van der Waals surface area contributed by atoms with Crippen molar-refractivity contribution in [2.45, 2.75) is 169 Å². The smallest absolute Gasteiger partial charge is 0.176 e. The van der Waals surface area contributed by atoms with Gasteiger partial charge in [-0.25, -0.2) is 0 Å². The molecule has 47 heavy (non-hydrogen) atoms. The van der Waals surface area contributed by atoms with Gasteiger partial charge in [-0.3, -0.25) is 5.32 Å². The van der Waals surface area contributed by atoms with Gasteiger partial charge in [0.2, 0.25) is 0 Å². The van der Waals surface area contributed by atoms with Crippen LogP contribution in [0.3, 0.4) is 0 Å². The predicted molar refractivity (Wildman–Crippen MR) is 164 cm³/mol. The maximum absolute atomic E-state index is 11.6. The van der Waals surface area contributed by atoms with E-state index in [4.69, 9.17) is 35.2 Å². The molecule has 17 nitrogen and oxygen atoms in total. The van der Waals surface area contributed by atoms with Crippen molar-refractivity contribution in [2.75, 3.05) is 19.8 Å². The summed E-state index contributed by atoms with van der Waals surface area (Å²) < 4.78 is 28.7. The maximum Gasteiger partial charge on any atom is 0.176 e. The summed E-state index contributed by atoms with van der Waals surface area (Å²) >= 11 is 0. The number of nitrogens with one attached hydrogen (secondary N) is 1. The van der Waals surface area contributed by atoms with Gasteiger partial charge in [-0.2, -0.15) is 0 Å². The molecule has 3 fully saturated rings. The summed E-state index contributed by atoms with van der Waals surface area (Å²) in [5.74, 6) is 0. The van der Waals surface area contributed by atoms with E-state index in [2.05, 4.69) is 12.2 Å². The van der Waals surface area contributed by atoms with E-state index in [-0.39, 0.29) is 0 Å². The Morgan fingerprint density at radius 3 is 1.72 bits per heavy atom. The maximum atomic E-state index is 11.6. The third-order valence-electron chi connectivity index (χ3n) is 9.25. The number of unbranched alkanes of at least 4 members (excludes halogenated alkanes) is 8. The lowest BCUT2D eigenvalue weighted by atomic mass is 9.94. The van der Waals surface area contributed by atoms with Crippen LogP contribution in [0.1, 0.15) is 71.1 Å². The molecule has 17 heteroatoms. The topological polar surface area (TPSA) is 292 Å². The zero-order valence-electron chi connectivity index (χ0n) is 27.2. The van der Waals surface area contributed by atoms with Crippen molar-refractivity contribution in [2.24, 2.45) is 11.5 Å². The van der Waals surface area contributed by atoms with Gasteiger partial charge in [0.1, 0.15) is 61.2 Å². The van der Waals surface area contributed by atoms with Crippen LogP contribution in [0.25, 0.3) is 0 Å². The SMILES string of the molecule is CCCCCCCCCCCC(O)N[C@H]1[C@H](OC2[C@@H](CO)O[C@@H](O)[C@H](N)[C@H]2O)O[C@H](CO)C(O[C@@H]2O[C@H](CO)[C@@H](O)[C@H](O)[C@H]2N)[C@@H]1O. The van der Waals surface area contributed by atoms with Crippen molar-refractivity contribution in [3.05, 3.63) is 0 Å². The van der Waals surface area contributed by atoms with Gasteiger partial charge in [0.15, 0.2) is 18.9 Å².